The average molecular weight is 239 g/mol. The second-order valence-electron chi connectivity index (χ2n) is 4.75. The van der Waals surface area contributed by atoms with Crippen LogP contribution in [0.25, 0.3) is 0 Å². The highest BCUT2D eigenvalue weighted by atomic mass is 32.2. The van der Waals surface area contributed by atoms with E-state index in [0.717, 1.165) is 12.2 Å². The highest BCUT2D eigenvalue weighted by Gasteiger charge is 2.25. The fourth-order valence-electron chi connectivity index (χ4n) is 2.17. The Morgan fingerprint density at radius 1 is 1.38 bits per heavy atom. The first-order valence-corrected chi connectivity index (χ1v) is 7.36. The van der Waals surface area contributed by atoms with Crippen molar-refractivity contribution in [2.75, 3.05) is 18.1 Å². The Morgan fingerprint density at radius 2 is 2.06 bits per heavy atom. The van der Waals surface area contributed by atoms with Gasteiger partial charge >= 0.3 is 0 Å². The van der Waals surface area contributed by atoms with Gasteiger partial charge in [0.15, 0.2) is 9.84 Å². The normalized spacial score (nSPS) is 19.6. The van der Waals surface area contributed by atoms with Gasteiger partial charge in [0, 0.05) is 24.4 Å². The Kier molecular flexibility index (Phi) is 2.70. The lowest BCUT2D eigenvalue weighted by Gasteiger charge is -2.14. The van der Waals surface area contributed by atoms with E-state index in [9.17, 15) is 8.42 Å². The van der Waals surface area contributed by atoms with Gasteiger partial charge in [-0.15, -0.1) is 0 Å². The quantitative estimate of drug-likeness (QED) is 0.861. The third-order valence-corrected chi connectivity index (χ3v) is 4.28. The van der Waals surface area contributed by atoms with E-state index in [0.29, 0.717) is 16.7 Å². The van der Waals surface area contributed by atoms with Gasteiger partial charge in [0.2, 0.25) is 0 Å². The summed E-state index contributed by atoms with van der Waals surface area (Å²) in [5.41, 5.74) is 2.21. The standard InChI is InChI=1S/C12H17NO2S/c1-8(2)11-7-13-12-6-9(16(3,14)15)4-5-10(11)12/h4-6,8,11,13H,7H2,1-3H3. The molecule has 0 saturated heterocycles. The maximum atomic E-state index is 11.4. The van der Waals surface area contributed by atoms with Gasteiger partial charge in [0.05, 0.1) is 4.90 Å². The fourth-order valence-corrected chi connectivity index (χ4v) is 2.81. The topological polar surface area (TPSA) is 46.2 Å². The van der Waals surface area contributed by atoms with Crippen molar-refractivity contribution in [3.8, 4) is 0 Å². The molecule has 1 aromatic rings. The molecular formula is C12H17NO2S. The summed E-state index contributed by atoms with van der Waals surface area (Å²) in [5.74, 6) is 1.06. The molecule has 1 aromatic carbocycles. The number of rotatable bonds is 2. The van der Waals surface area contributed by atoms with E-state index in [2.05, 4.69) is 19.2 Å². The molecule has 1 aliphatic heterocycles. The molecule has 88 valence electrons. The van der Waals surface area contributed by atoms with Crippen LogP contribution in [0.4, 0.5) is 5.69 Å². The zero-order valence-electron chi connectivity index (χ0n) is 9.82. The van der Waals surface area contributed by atoms with Gasteiger partial charge in [-0.2, -0.15) is 0 Å². The Hall–Kier alpha value is -1.03. The smallest absolute Gasteiger partial charge is 0.175 e. The van der Waals surface area contributed by atoms with Gasteiger partial charge < -0.3 is 5.32 Å². The molecule has 0 radical (unpaired) electrons. The van der Waals surface area contributed by atoms with Gasteiger partial charge in [0.1, 0.15) is 0 Å². The molecule has 1 aliphatic rings. The monoisotopic (exact) mass is 239 g/mol. The van der Waals surface area contributed by atoms with Crippen LogP contribution >= 0.6 is 0 Å². The van der Waals surface area contributed by atoms with Crippen LogP contribution in [0.5, 0.6) is 0 Å². The first kappa shape index (κ1) is 11.5. The van der Waals surface area contributed by atoms with Crippen molar-refractivity contribution in [2.45, 2.75) is 24.7 Å². The van der Waals surface area contributed by atoms with Crippen LogP contribution in [0, 0.1) is 5.92 Å². The maximum absolute atomic E-state index is 11.4. The molecule has 3 nitrogen and oxygen atoms in total. The van der Waals surface area contributed by atoms with Crippen molar-refractivity contribution in [1.82, 2.24) is 0 Å². The first-order valence-electron chi connectivity index (χ1n) is 5.47. The molecule has 1 heterocycles. The summed E-state index contributed by atoms with van der Waals surface area (Å²) in [5, 5.41) is 3.28. The number of anilines is 1. The minimum Gasteiger partial charge on any atom is -0.384 e. The predicted octanol–water partition coefficient (Wildman–Crippen LogP) is 2.26. The summed E-state index contributed by atoms with van der Waals surface area (Å²) < 4.78 is 22.8. The average Bonchev–Trinajstić information content (AvgIpc) is 2.58. The lowest BCUT2D eigenvalue weighted by Crippen LogP contribution is -2.08. The lowest BCUT2D eigenvalue weighted by atomic mass is 9.90. The Bertz CT molecular complexity index is 506. The minimum absolute atomic E-state index is 0.392. The highest BCUT2D eigenvalue weighted by Crippen LogP contribution is 2.37. The molecule has 1 N–H and O–H groups in total. The number of fused-ring (bicyclic) bond motifs is 1. The van der Waals surface area contributed by atoms with Gasteiger partial charge in [-0.05, 0) is 23.6 Å². The molecule has 0 aromatic heterocycles. The Labute approximate surface area is 96.8 Å². The van der Waals surface area contributed by atoms with E-state index in [1.165, 1.54) is 11.8 Å². The SMILES string of the molecule is CC(C)C1CNc2cc(S(C)(=O)=O)ccc21. The molecule has 0 saturated carbocycles. The Morgan fingerprint density at radius 3 is 2.62 bits per heavy atom. The Balaban J connectivity index is 2.44. The van der Waals surface area contributed by atoms with E-state index in [1.807, 2.05) is 6.07 Å². The number of nitrogens with one attached hydrogen (secondary N) is 1. The number of hydrogen-bond acceptors (Lipinski definition) is 3. The fraction of sp³-hybridized carbons (Fsp3) is 0.500. The summed E-state index contributed by atoms with van der Waals surface area (Å²) >= 11 is 0. The largest absolute Gasteiger partial charge is 0.384 e. The number of sulfone groups is 1. The first-order chi connectivity index (χ1) is 7.39. The van der Waals surface area contributed by atoms with E-state index in [4.69, 9.17) is 0 Å². The zero-order chi connectivity index (χ0) is 11.9. The zero-order valence-corrected chi connectivity index (χ0v) is 10.6. The molecule has 1 unspecified atom stereocenters. The molecule has 0 spiro atoms. The van der Waals surface area contributed by atoms with Crippen LogP contribution in [0.2, 0.25) is 0 Å². The van der Waals surface area contributed by atoms with Gasteiger partial charge in [-0.3, -0.25) is 0 Å². The maximum Gasteiger partial charge on any atom is 0.175 e. The molecule has 1 atom stereocenters. The van der Waals surface area contributed by atoms with Crippen LogP contribution in [0.3, 0.4) is 0 Å². The third kappa shape index (κ3) is 1.94. The molecule has 2 rings (SSSR count). The van der Waals surface area contributed by atoms with Crippen LogP contribution in [-0.4, -0.2) is 21.2 Å². The third-order valence-electron chi connectivity index (χ3n) is 3.17. The second-order valence-corrected chi connectivity index (χ2v) is 6.77. The minimum atomic E-state index is -3.10. The van der Waals surface area contributed by atoms with Crippen LogP contribution < -0.4 is 5.32 Å². The van der Waals surface area contributed by atoms with Crippen molar-refractivity contribution in [3.05, 3.63) is 23.8 Å². The van der Waals surface area contributed by atoms with Crippen molar-refractivity contribution >= 4 is 15.5 Å². The van der Waals surface area contributed by atoms with Crippen molar-refractivity contribution in [1.29, 1.82) is 0 Å². The van der Waals surface area contributed by atoms with E-state index in [-0.39, 0.29) is 0 Å². The highest BCUT2D eigenvalue weighted by molar-refractivity contribution is 7.90. The number of hydrogen-bond donors (Lipinski definition) is 1. The van der Waals surface area contributed by atoms with Crippen molar-refractivity contribution < 1.29 is 8.42 Å². The van der Waals surface area contributed by atoms with Crippen LogP contribution in [0.15, 0.2) is 23.1 Å². The number of benzene rings is 1. The summed E-state index contributed by atoms with van der Waals surface area (Å²) in [6, 6.07) is 5.39. The van der Waals surface area contributed by atoms with E-state index < -0.39 is 9.84 Å². The summed E-state index contributed by atoms with van der Waals surface area (Å²) in [6.07, 6.45) is 1.24. The van der Waals surface area contributed by atoms with Gasteiger partial charge in [-0.25, -0.2) is 8.42 Å². The molecule has 16 heavy (non-hydrogen) atoms. The van der Waals surface area contributed by atoms with Gasteiger partial charge in [0.25, 0.3) is 0 Å². The molecular weight excluding hydrogens is 222 g/mol. The summed E-state index contributed by atoms with van der Waals surface area (Å²) in [4.78, 5) is 0.392. The van der Waals surface area contributed by atoms with E-state index >= 15 is 0 Å². The van der Waals surface area contributed by atoms with E-state index in [1.54, 1.807) is 12.1 Å². The van der Waals surface area contributed by atoms with Crippen LogP contribution in [-0.2, 0) is 9.84 Å². The molecule has 0 bridgehead atoms. The van der Waals surface area contributed by atoms with Crippen molar-refractivity contribution in [2.24, 2.45) is 5.92 Å². The lowest BCUT2D eigenvalue weighted by molar-refractivity contribution is 0.533. The summed E-state index contributed by atoms with van der Waals surface area (Å²) in [7, 11) is -3.10. The summed E-state index contributed by atoms with van der Waals surface area (Å²) in [6.45, 7) is 5.28. The van der Waals surface area contributed by atoms with Crippen LogP contribution in [0.1, 0.15) is 25.3 Å². The molecule has 0 aliphatic carbocycles. The van der Waals surface area contributed by atoms with Crippen molar-refractivity contribution in [3.63, 3.8) is 0 Å². The molecule has 4 heteroatoms. The second kappa shape index (κ2) is 3.77. The van der Waals surface area contributed by atoms with Gasteiger partial charge in [-0.1, -0.05) is 19.9 Å². The predicted molar refractivity (Wildman–Crippen MR) is 65.6 cm³/mol. The molecule has 0 amide bonds. The molecule has 0 fully saturated rings.